The molecule has 1 amide bonds. The first-order valence-electron chi connectivity index (χ1n) is 7.57. The number of pyridine rings is 1. The third-order valence-corrected chi connectivity index (χ3v) is 4.23. The maximum Gasteiger partial charge on any atom is 0.254 e. The van der Waals surface area contributed by atoms with Gasteiger partial charge in [0.15, 0.2) is 0 Å². The van der Waals surface area contributed by atoms with Crippen LogP contribution in [0.2, 0.25) is 0 Å². The van der Waals surface area contributed by atoms with Crippen LogP contribution < -0.4 is 0 Å². The fraction of sp³-hybridized carbons (Fsp3) is 0.412. The van der Waals surface area contributed by atoms with Gasteiger partial charge in [0.05, 0.1) is 11.1 Å². The lowest BCUT2D eigenvalue weighted by Gasteiger charge is -2.35. The van der Waals surface area contributed by atoms with Crippen LogP contribution in [-0.4, -0.2) is 40.1 Å². The van der Waals surface area contributed by atoms with Crippen molar-refractivity contribution in [2.45, 2.75) is 31.7 Å². The molecule has 1 aliphatic rings. The second-order valence-electron chi connectivity index (χ2n) is 5.54. The molecule has 110 valence electrons. The molecule has 1 saturated heterocycles. The van der Waals surface area contributed by atoms with E-state index in [1.165, 1.54) is 0 Å². The molecule has 1 atom stereocenters. The van der Waals surface area contributed by atoms with Gasteiger partial charge in [-0.3, -0.25) is 9.78 Å². The van der Waals surface area contributed by atoms with E-state index in [1.54, 1.807) is 12.3 Å². The molecule has 1 aromatic carbocycles. The van der Waals surface area contributed by atoms with Crippen LogP contribution in [0, 0.1) is 0 Å². The predicted molar refractivity (Wildman–Crippen MR) is 82.1 cm³/mol. The quantitative estimate of drug-likeness (QED) is 0.942. The maximum atomic E-state index is 12.9. The van der Waals surface area contributed by atoms with Crippen LogP contribution in [0.25, 0.3) is 10.9 Å². The Kier molecular flexibility index (Phi) is 4.15. The number of amides is 1. The minimum Gasteiger partial charge on any atom is -0.396 e. The lowest BCUT2D eigenvalue weighted by molar-refractivity contribution is 0.0576. The number of nitrogens with zero attached hydrogens (tertiary/aromatic N) is 2. The number of rotatable bonds is 3. The highest BCUT2D eigenvalue weighted by Gasteiger charge is 2.27. The van der Waals surface area contributed by atoms with E-state index in [0.29, 0.717) is 12.0 Å². The van der Waals surface area contributed by atoms with Gasteiger partial charge < -0.3 is 10.0 Å². The van der Waals surface area contributed by atoms with Gasteiger partial charge in [0.25, 0.3) is 5.91 Å². The Balaban J connectivity index is 1.95. The van der Waals surface area contributed by atoms with E-state index in [-0.39, 0.29) is 18.6 Å². The molecule has 0 aliphatic carbocycles. The third kappa shape index (κ3) is 2.76. The van der Waals surface area contributed by atoms with Crippen LogP contribution in [0.5, 0.6) is 0 Å². The molecule has 2 heterocycles. The number of aliphatic hydroxyl groups excluding tert-OH is 1. The summed E-state index contributed by atoms with van der Waals surface area (Å²) in [7, 11) is 0. The van der Waals surface area contributed by atoms with E-state index in [1.807, 2.05) is 29.2 Å². The van der Waals surface area contributed by atoms with Crippen LogP contribution in [-0.2, 0) is 0 Å². The molecule has 21 heavy (non-hydrogen) atoms. The highest BCUT2D eigenvalue weighted by molar-refractivity contribution is 6.06. The summed E-state index contributed by atoms with van der Waals surface area (Å²) in [5.41, 5.74) is 1.56. The number of hydrogen-bond acceptors (Lipinski definition) is 3. The molecule has 1 N–H and O–H groups in total. The second kappa shape index (κ2) is 6.22. The van der Waals surface area contributed by atoms with Crippen molar-refractivity contribution < 1.29 is 9.90 Å². The Labute approximate surface area is 124 Å². The monoisotopic (exact) mass is 284 g/mol. The van der Waals surface area contributed by atoms with Crippen molar-refractivity contribution in [3.63, 3.8) is 0 Å². The normalized spacial score (nSPS) is 18.9. The van der Waals surface area contributed by atoms with Crippen molar-refractivity contribution in [3.8, 4) is 0 Å². The van der Waals surface area contributed by atoms with Crippen molar-refractivity contribution >= 4 is 16.8 Å². The zero-order chi connectivity index (χ0) is 14.7. The van der Waals surface area contributed by atoms with Gasteiger partial charge in [0, 0.05) is 30.8 Å². The zero-order valence-electron chi connectivity index (χ0n) is 12.0. The van der Waals surface area contributed by atoms with E-state index >= 15 is 0 Å². The van der Waals surface area contributed by atoms with Crippen molar-refractivity contribution in [1.29, 1.82) is 0 Å². The number of fused-ring (bicyclic) bond motifs is 1. The Morgan fingerprint density at radius 3 is 3.00 bits per heavy atom. The van der Waals surface area contributed by atoms with E-state index < -0.39 is 0 Å². The average Bonchev–Trinajstić information content (AvgIpc) is 2.54. The molecule has 0 spiro atoms. The Morgan fingerprint density at radius 1 is 1.29 bits per heavy atom. The molecule has 3 rings (SSSR count). The molecule has 1 unspecified atom stereocenters. The lowest BCUT2D eigenvalue weighted by atomic mass is 9.97. The maximum absolute atomic E-state index is 12.9. The number of hydrogen-bond donors (Lipinski definition) is 1. The number of piperidine rings is 1. The van der Waals surface area contributed by atoms with Gasteiger partial charge in [-0.1, -0.05) is 18.2 Å². The molecule has 1 aliphatic heterocycles. The largest absolute Gasteiger partial charge is 0.396 e. The van der Waals surface area contributed by atoms with Gasteiger partial charge in [0.1, 0.15) is 0 Å². The Hall–Kier alpha value is -1.94. The number of para-hydroxylation sites is 1. The molecule has 2 aromatic rings. The summed E-state index contributed by atoms with van der Waals surface area (Å²) in [5.74, 6) is 0.0618. The summed E-state index contributed by atoms with van der Waals surface area (Å²) in [6.07, 6.45) is 5.51. The fourth-order valence-electron chi connectivity index (χ4n) is 3.15. The lowest BCUT2D eigenvalue weighted by Crippen LogP contribution is -2.44. The number of likely N-dealkylation sites (tertiary alicyclic amines) is 1. The van der Waals surface area contributed by atoms with Crippen molar-refractivity contribution in [2.75, 3.05) is 13.2 Å². The molecule has 0 saturated carbocycles. The standard InChI is InChI=1S/C17H20N2O2/c20-12-9-13-5-3-4-11-19(13)17(21)15-8-10-18-16-7-2-1-6-14(15)16/h1-2,6-8,10,13,20H,3-5,9,11-12H2. The van der Waals surface area contributed by atoms with E-state index in [9.17, 15) is 9.90 Å². The molecule has 1 aromatic heterocycles. The highest BCUT2D eigenvalue weighted by atomic mass is 16.3. The Bertz CT molecular complexity index is 634. The summed E-state index contributed by atoms with van der Waals surface area (Å²) >= 11 is 0. The number of aromatic nitrogens is 1. The van der Waals surface area contributed by atoms with Gasteiger partial charge in [0.2, 0.25) is 0 Å². The van der Waals surface area contributed by atoms with Crippen LogP contribution in [0.4, 0.5) is 0 Å². The molecule has 4 nitrogen and oxygen atoms in total. The van der Waals surface area contributed by atoms with Crippen molar-refractivity contribution in [3.05, 3.63) is 42.1 Å². The third-order valence-electron chi connectivity index (χ3n) is 4.23. The van der Waals surface area contributed by atoms with Crippen molar-refractivity contribution in [2.24, 2.45) is 0 Å². The molecule has 0 radical (unpaired) electrons. The summed E-state index contributed by atoms with van der Waals surface area (Å²) in [4.78, 5) is 19.2. The summed E-state index contributed by atoms with van der Waals surface area (Å²) in [6.45, 7) is 0.908. The van der Waals surface area contributed by atoms with Crippen LogP contribution in [0.15, 0.2) is 36.5 Å². The van der Waals surface area contributed by atoms with Crippen LogP contribution in [0.1, 0.15) is 36.0 Å². The van der Waals surface area contributed by atoms with Gasteiger partial charge in [-0.25, -0.2) is 0 Å². The molecular formula is C17H20N2O2. The minimum absolute atomic E-state index is 0.0618. The molecule has 4 heteroatoms. The average molecular weight is 284 g/mol. The second-order valence-corrected chi connectivity index (χ2v) is 5.54. The van der Waals surface area contributed by atoms with Crippen molar-refractivity contribution in [1.82, 2.24) is 9.88 Å². The smallest absolute Gasteiger partial charge is 0.254 e. The number of aliphatic hydroxyl groups is 1. The fourth-order valence-corrected chi connectivity index (χ4v) is 3.15. The Morgan fingerprint density at radius 2 is 2.14 bits per heavy atom. The van der Waals surface area contributed by atoms with Gasteiger partial charge in [-0.2, -0.15) is 0 Å². The van der Waals surface area contributed by atoms with E-state index in [0.717, 1.165) is 36.7 Å². The summed E-state index contributed by atoms with van der Waals surface area (Å²) in [5, 5.41) is 10.1. The first kappa shape index (κ1) is 14.0. The van der Waals surface area contributed by atoms with Gasteiger partial charge in [-0.15, -0.1) is 0 Å². The zero-order valence-corrected chi connectivity index (χ0v) is 12.0. The molecular weight excluding hydrogens is 264 g/mol. The van der Waals surface area contributed by atoms with Crippen LogP contribution in [0.3, 0.4) is 0 Å². The minimum atomic E-state index is 0.0618. The summed E-state index contributed by atoms with van der Waals surface area (Å²) < 4.78 is 0. The predicted octanol–water partition coefficient (Wildman–Crippen LogP) is 2.61. The SMILES string of the molecule is O=C(c1ccnc2ccccc12)N1CCCCC1CCO. The first-order valence-corrected chi connectivity index (χ1v) is 7.57. The van der Waals surface area contributed by atoms with Gasteiger partial charge in [-0.05, 0) is 37.8 Å². The number of carbonyl (C=O) groups excluding carboxylic acids is 1. The molecule has 0 bridgehead atoms. The summed E-state index contributed by atoms with van der Waals surface area (Å²) in [6, 6.07) is 9.69. The first-order chi connectivity index (χ1) is 10.3. The van der Waals surface area contributed by atoms with E-state index in [4.69, 9.17) is 0 Å². The topological polar surface area (TPSA) is 53.4 Å². The van der Waals surface area contributed by atoms with Gasteiger partial charge >= 0.3 is 0 Å². The molecule has 1 fully saturated rings. The van der Waals surface area contributed by atoms with E-state index in [2.05, 4.69) is 4.98 Å². The number of carbonyl (C=O) groups is 1. The highest BCUT2D eigenvalue weighted by Crippen LogP contribution is 2.24. The van der Waals surface area contributed by atoms with Crippen LogP contribution >= 0.6 is 0 Å². The number of benzene rings is 1.